The van der Waals surface area contributed by atoms with Crippen molar-refractivity contribution in [3.05, 3.63) is 34.3 Å². The molecule has 0 heterocycles. The molecule has 0 spiro atoms. The zero-order chi connectivity index (χ0) is 10.4. The second kappa shape index (κ2) is 6.33. The van der Waals surface area contributed by atoms with Crippen LogP contribution in [0.3, 0.4) is 0 Å². The Hall–Kier alpha value is -0.180. The molecule has 0 radical (unpaired) electrons. The first-order chi connectivity index (χ1) is 6.74. The van der Waals surface area contributed by atoms with E-state index in [0.717, 1.165) is 29.4 Å². The van der Waals surface area contributed by atoms with Crippen molar-refractivity contribution >= 4 is 23.4 Å². The molecule has 1 N–H and O–H groups in total. The summed E-state index contributed by atoms with van der Waals surface area (Å²) >= 11 is 7.88. The molecule has 0 amide bonds. The summed E-state index contributed by atoms with van der Waals surface area (Å²) in [7, 11) is 0. The molecule has 1 nitrogen and oxygen atoms in total. The minimum atomic E-state index is 0.856. The van der Waals surface area contributed by atoms with Crippen LogP contribution in [0.1, 0.15) is 11.1 Å². The molecule has 0 fully saturated rings. The van der Waals surface area contributed by atoms with Crippen molar-refractivity contribution < 1.29 is 0 Å². The highest BCUT2D eigenvalue weighted by molar-refractivity contribution is 7.98. The number of rotatable bonds is 5. The lowest BCUT2D eigenvalue weighted by Crippen LogP contribution is -2.16. The van der Waals surface area contributed by atoms with Crippen molar-refractivity contribution in [2.24, 2.45) is 0 Å². The first kappa shape index (κ1) is 11.9. The van der Waals surface area contributed by atoms with Crippen molar-refractivity contribution in [1.29, 1.82) is 0 Å². The molecule has 0 saturated heterocycles. The third-order valence-electron chi connectivity index (χ3n) is 2.05. The first-order valence-electron chi connectivity index (χ1n) is 4.68. The van der Waals surface area contributed by atoms with Crippen LogP contribution < -0.4 is 5.32 Å². The average molecular weight is 230 g/mol. The van der Waals surface area contributed by atoms with Crippen molar-refractivity contribution in [2.75, 3.05) is 18.6 Å². The van der Waals surface area contributed by atoms with E-state index < -0.39 is 0 Å². The SMILES string of the molecule is CSCCNCc1ccc(C)c(Cl)c1. The molecule has 1 rings (SSSR count). The lowest BCUT2D eigenvalue weighted by Gasteiger charge is -2.05. The van der Waals surface area contributed by atoms with E-state index in [-0.39, 0.29) is 0 Å². The van der Waals surface area contributed by atoms with Crippen LogP contribution >= 0.6 is 23.4 Å². The van der Waals surface area contributed by atoms with Gasteiger partial charge in [-0.25, -0.2) is 0 Å². The smallest absolute Gasteiger partial charge is 0.0438 e. The summed E-state index contributed by atoms with van der Waals surface area (Å²) in [5.74, 6) is 1.15. The van der Waals surface area contributed by atoms with E-state index in [1.54, 1.807) is 0 Å². The maximum Gasteiger partial charge on any atom is 0.0438 e. The summed E-state index contributed by atoms with van der Waals surface area (Å²) < 4.78 is 0. The molecule has 0 aliphatic heterocycles. The van der Waals surface area contributed by atoms with Gasteiger partial charge >= 0.3 is 0 Å². The van der Waals surface area contributed by atoms with Gasteiger partial charge in [-0.2, -0.15) is 11.8 Å². The summed E-state index contributed by atoms with van der Waals surface area (Å²) in [5.41, 5.74) is 2.39. The van der Waals surface area contributed by atoms with Crippen LogP contribution in [0.5, 0.6) is 0 Å². The lowest BCUT2D eigenvalue weighted by molar-refractivity contribution is 0.732. The van der Waals surface area contributed by atoms with Crippen LogP contribution in [0.15, 0.2) is 18.2 Å². The van der Waals surface area contributed by atoms with Gasteiger partial charge in [-0.15, -0.1) is 0 Å². The van der Waals surface area contributed by atoms with E-state index >= 15 is 0 Å². The standard InChI is InChI=1S/C11H16ClNS/c1-9-3-4-10(7-11(9)12)8-13-5-6-14-2/h3-4,7,13H,5-6,8H2,1-2H3. The zero-order valence-electron chi connectivity index (χ0n) is 8.64. The second-order valence-corrected chi connectivity index (χ2v) is 4.65. The monoisotopic (exact) mass is 229 g/mol. The normalized spacial score (nSPS) is 10.5. The zero-order valence-corrected chi connectivity index (χ0v) is 10.2. The van der Waals surface area contributed by atoms with E-state index in [4.69, 9.17) is 11.6 Å². The Morgan fingerprint density at radius 1 is 1.43 bits per heavy atom. The van der Waals surface area contributed by atoms with Gasteiger partial charge in [0.15, 0.2) is 0 Å². The molecule has 0 unspecified atom stereocenters. The van der Waals surface area contributed by atoms with Crippen molar-refractivity contribution in [3.63, 3.8) is 0 Å². The van der Waals surface area contributed by atoms with Gasteiger partial charge in [0.1, 0.15) is 0 Å². The summed E-state index contributed by atoms with van der Waals surface area (Å²) in [4.78, 5) is 0. The molecule has 0 atom stereocenters. The van der Waals surface area contributed by atoms with E-state index in [9.17, 15) is 0 Å². The third kappa shape index (κ3) is 3.91. The predicted molar refractivity (Wildman–Crippen MR) is 66.3 cm³/mol. The number of nitrogens with one attached hydrogen (secondary N) is 1. The fourth-order valence-corrected chi connectivity index (χ4v) is 1.70. The Kier molecular flexibility index (Phi) is 5.38. The quantitative estimate of drug-likeness (QED) is 0.779. The molecule has 0 aromatic heterocycles. The molecule has 0 saturated carbocycles. The van der Waals surface area contributed by atoms with Crippen LogP contribution in [-0.4, -0.2) is 18.6 Å². The Morgan fingerprint density at radius 2 is 2.21 bits per heavy atom. The van der Waals surface area contributed by atoms with E-state index in [1.807, 2.05) is 24.8 Å². The number of halogens is 1. The molecule has 1 aromatic carbocycles. The lowest BCUT2D eigenvalue weighted by atomic mass is 10.1. The highest BCUT2D eigenvalue weighted by Gasteiger charge is 1.97. The molecule has 1 aromatic rings. The van der Waals surface area contributed by atoms with Gasteiger partial charge < -0.3 is 5.32 Å². The van der Waals surface area contributed by atoms with Gasteiger partial charge in [-0.3, -0.25) is 0 Å². The Morgan fingerprint density at radius 3 is 2.86 bits per heavy atom. The van der Waals surface area contributed by atoms with Gasteiger partial charge in [-0.05, 0) is 30.4 Å². The molecule has 3 heteroatoms. The summed E-state index contributed by atoms with van der Waals surface area (Å²) in [6.45, 7) is 3.97. The van der Waals surface area contributed by atoms with Gasteiger partial charge in [0.2, 0.25) is 0 Å². The van der Waals surface area contributed by atoms with Crippen LogP contribution in [-0.2, 0) is 6.54 Å². The van der Waals surface area contributed by atoms with E-state index in [0.29, 0.717) is 0 Å². The fraction of sp³-hybridized carbons (Fsp3) is 0.455. The van der Waals surface area contributed by atoms with Gasteiger partial charge in [-0.1, -0.05) is 23.7 Å². The molecule has 0 aliphatic carbocycles. The number of hydrogen-bond donors (Lipinski definition) is 1. The molecular formula is C11H16ClNS. The van der Waals surface area contributed by atoms with Gasteiger partial charge in [0.05, 0.1) is 0 Å². The Balaban J connectivity index is 2.39. The largest absolute Gasteiger partial charge is 0.312 e. The highest BCUT2D eigenvalue weighted by atomic mass is 35.5. The maximum absolute atomic E-state index is 6.02. The number of thioether (sulfide) groups is 1. The molecule has 0 aliphatic rings. The molecule has 78 valence electrons. The molecule has 0 bridgehead atoms. The third-order valence-corrected chi connectivity index (χ3v) is 3.07. The van der Waals surface area contributed by atoms with Crippen LogP contribution in [0.25, 0.3) is 0 Å². The van der Waals surface area contributed by atoms with Crippen LogP contribution in [0.4, 0.5) is 0 Å². The van der Waals surface area contributed by atoms with Gasteiger partial charge in [0.25, 0.3) is 0 Å². The fourth-order valence-electron chi connectivity index (χ4n) is 1.15. The van der Waals surface area contributed by atoms with Crippen LogP contribution in [0, 0.1) is 6.92 Å². The van der Waals surface area contributed by atoms with E-state index in [1.165, 1.54) is 5.56 Å². The minimum Gasteiger partial charge on any atom is -0.312 e. The summed E-state index contributed by atoms with van der Waals surface area (Å²) in [5, 5.41) is 4.23. The summed E-state index contributed by atoms with van der Waals surface area (Å²) in [6.07, 6.45) is 2.12. The predicted octanol–water partition coefficient (Wildman–Crippen LogP) is 3.10. The number of benzene rings is 1. The van der Waals surface area contributed by atoms with Crippen LogP contribution in [0.2, 0.25) is 5.02 Å². The summed E-state index contributed by atoms with van der Waals surface area (Å²) in [6, 6.07) is 6.21. The van der Waals surface area contributed by atoms with Gasteiger partial charge in [0, 0.05) is 23.9 Å². The first-order valence-corrected chi connectivity index (χ1v) is 6.46. The molecule has 14 heavy (non-hydrogen) atoms. The average Bonchev–Trinajstić information content (AvgIpc) is 2.18. The Labute approximate surface area is 95.2 Å². The highest BCUT2D eigenvalue weighted by Crippen LogP contribution is 2.16. The maximum atomic E-state index is 6.02. The minimum absolute atomic E-state index is 0.856. The second-order valence-electron chi connectivity index (χ2n) is 3.25. The number of aryl methyl sites for hydroxylation is 1. The van der Waals surface area contributed by atoms with Crippen molar-refractivity contribution in [3.8, 4) is 0 Å². The number of hydrogen-bond acceptors (Lipinski definition) is 2. The Bertz CT molecular complexity index is 289. The topological polar surface area (TPSA) is 12.0 Å². The van der Waals surface area contributed by atoms with Crippen molar-refractivity contribution in [1.82, 2.24) is 5.32 Å². The van der Waals surface area contributed by atoms with E-state index in [2.05, 4.69) is 23.7 Å². The van der Waals surface area contributed by atoms with Crippen molar-refractivity contribution in [2.45, 2.75) is 13.5 Å². The molecular weight excluding hydrogens is 214 g/mol.